The monoisotopic (exact) mass is 184 g/mol. The zero-order valence-corrected chi connectivity index (χ0v) is 8.09. The molecule has 2 rings (SSSR count). The summed E-state index contributed by atoms with van der Waals surface area (Å²) in [5.41, 5.74) is 2.28. The Morgan fingerprint density at radius 1 is 1.00 bits per heavy atom. The first-order valence-electron chi connectivity index (χ1n) is 4.70. The fourth-order valence-electron chi connectivity index (χ4n) is 1.46. The van der Waals surface area contributed by atoms with Gasteiger partial charge in [-0.1, -0.05) is 37.3 Å². The van der Waals surface area contributed by atoms with Crippen LogP contribution in [0.3, 0.4) is 0 Å². The number of benzene rings is 1. The van der Waals surface area contributed by atoms with Crippen LogP contribution >= 0.6 is 0 Å². The lowest BCUT2D eigenvalue weighted by atomic mass is 9.98. The minimum atomic E-state index is 0.310. The number of hydrogen-bond donors (Lipinski definition) is 0. The first kappa shape index (κ1) is 8.88. The standard InChI is InChI=1S/C12H12N2/c1-10(11-6-3-2-4-7-11)12-8-5-9-13-14-12/h2-10H,1H3. The van der Waals surface area contributed by atoms with Crippen molar-refractivity contribution in [3.05, 3.63) is 59.9 Å². The summed E-state index contributed by atoms with van der Waals surface area (Å²) >= 11 is 0. The molecule has 0 aliphatic heterocycles. The van der Waals surface area contributed by atoms with E-state index in [1.807, 2.05) is 30.3 Å². The van der Waals surface area contributed by atoms with Gasteiger partial charge in [0.1, 0.15) is 0 Å². The highest BCUT2D eigenvalue weighted by Crippen LogP contribution is 2.20. The highest BCUT2D eigenvalue weighted by Gasteiger charge is 2.08. The van der Waals surface area contributed by atoms with E-state index in [9.17, 15) is 0 Å². The summed E-state index contributed by atoms with van der Waals surface area (Å²) in [7, 11) is 0. The topological polar surface area (TPSA) is 25.8 Å². The molecule has 2 heteroatoms. The maximum Gasteiger partial charge on any atom is 0.0703 e. The van der Waals surface area contributed by atoms with Crippen molar-refractivity contribution in [3.8, 4) is 0 Å². The van der Waals surface area contributed by atoms with Gasteiger partial charge < -0.3 is 0 Å². The van der Waals surface area contributed by atoms with Crippen LogP contribution in [0.1, 0.15) is 24.1 Å². The van der Waals surface area contributed by atoms with E-state index in [4.69, 9.17) is 0 Å². The Bertz CT molecular complexity index is 344. The highest BCUT2D eigenvalue weighted by atomic mass is 15.1. The van der Waals surface area contributed by atoms with Gasteiger partial charge in [0.05, 0.1) is 5.69 Å². The largest absolute Gasteiger partial charge is 0.159 e. The van der Waals surface area contributed by atoms with Crippen molar-refractivity contribution in [2.45, 2.75) is 12.8 Å². The minimum absolute atomic E-state index is 0.310. The molecule has 2 aromatic rings. The Balaban J connectivity index is 2.30. The van der Waals surface area contributed by atoms with Crippen molar-refractivity contribution in [1.82, 2.24) is 10.2 Å². The van der Waals surface area contributed by atoms with E-state index in [1.54, 1.807) is 6.20 Å². The second-order valence-corrected chi connectivity index (χ2v) is 3.28. The zero-order chi connectivity index (χ0) is 9.80. The second-order valence-electron chi connectivity index (χ2n) is 3.28. The fraction of sp³-hybridized carbons (Fsp3) is 0.167. The molecule has 0 aliphatic carbocycles. The molecule has 0 fully saturated rings. The van der Waals surface area contributed by atoms with Crippen molar-refractivity contribution in [1.29, 1.82) is 0 Å². The Morgan fingerprint density at radius 2 is 1.79 bits per heavy atom. The van der Waals surface area contributed by atoms with E-state index in [0.29, 0.717) is 5.92 Å². The van der Waals surface area contributed by atoms with Crippen molar-refractivity contribution in [3.63, 3.8) is 0 Å². The third-order valence-corrected chi connectivity index (χ3v) is 2.34. The molecule has 0 saturated heterocycles. The average molecular weight is 184 g/mol. The number of rotatable bonds is 2. The lowest BCUT2D eigenvalue weighted by molar-refractivity contribution is 0.822. The number of hydrogen-bond acceptors (Lipinski definition) is 2. The Labute approximate surface area is 83.6 Å². The number of aromatic nitrogens is 2. The molecule has 1 atom stereocenters. The van der Waals surface area contributed by atoms with Gasteiger partial charge in [-0.25, -0.2) is 0 Å². The van der Waals surface area contributed by atoms with Crippen LogP contribution in [0.15, 0.2) is 48.7 Å². The average Bonchev–Trinajstić information content (AvgIpc) is 2.30. The van der Waals surface area contributed by atoms with E-state index in [2.05, 4.69) is 29.3 Å². The molecule has 70 valence electrons. The predicted octanol–water partition coefficient (Wildman–Crippen LogP) is 2.63. The molecule has 1 heterocycles. The molecule has 0 saturated carbocycles. The lowest BCUT2D eigenvalue weighted by Gasteiger charge is -2.09. The molecule has 0 radical (unpaired) electrons. The first-order valence-corrected chi connectivity index (χ1v) is 4.70. The minimum Gasteiger partial charge on any atom is -0.159 e. The van der Waals surface area contributed by atoms with Gasteiger partial charge in [0.25, 0.3) is 0 Å². The van der Waals surface area contributed by atoms with E-state index in [-0.39, 0.29) is 0 Å². The van der Waals surface area contributed by atoms with Gasteiger partial charge in [0, 0.05) is 12.1 Å². The van der Waals surface area contributed by atoms with Gasteiger partial charge in [-0.2, -0.15) is 10.2 Å². The Hall–Kier alpha value is -1.70. The van der Waals surface area contributed by atoms with Crippen molar-refractivity contribution < 1.29 is 0 Å². The third kappa shape index (κ3) is 1.79. The van der Waals surface area contributed by atoms with Crippen LogP contribution in [-0.4, -0.2) is 10.2 Å². The molecule has 14 heavy (non-hydrogen) atoms. The zero-order valence-electron chi connectivity index (χ0n) is 8.09. The van der Waals surface area contributed by atoms with Crippen LogP contribution in [0.25, 0.3) is 0 Å². The van der Waals surface area contributed by atoms with E-state index >= 15 is 0 Å². The van der Waals surface area contributed by atoms with Gasteiger partial charge in [-0.3, -0.25) is 0 Å². The summed E-state index contributed by atoms with van der Waals surface area (Å²) in [5.74, 6) is 0.310. The quantitative estimate of drug-likeness (QED) is 0.717. The maximum absolute atomic E-state index is 4.11. The van der Waals surface area contributed by atoms with Crippen molar-refractivity contribution in [2.75, 3.05) is 0 Å². The van der Waals surface area contributed by atoms with Crippen LogP contribution in [0, 0.1) is 0 Å². The summed E-state index contributed by atoms with van der Waals surface area (Å²) in [6, 6.07) is 14.3. The van der Waals surface area contributed by atoms with Gasteiger partial charge in [0.2, 0.25) is 0 Å². The Kier molecular flexibility index (Phi) is 2.54. The molecule has 0 N–H and O–H groups in total. The molecule has 0 amide bonds. The van der Waals surface area contributed by atoms with E-state index in [1.165, 1.54) is 5.56 Å². The molecule has 1 aromatic carbocycles. The van der Waals surface area contributed by atoms with E-state index < -0.39 is 0 Å². The summed E-state index contributed by atoms with van der Waals surface area (Å²) in [5, 5.41) is 7.99. The van der Waals surface area contributed by atoms with Gasteiger partial charge in [-0.15, -0.1) is 0 Å². The molecular weight excluding hydrogens is 172 g/mol. The molecule has 1 unspecified atom stereocenters. The van der Waals surface area contributed by atoms with Crippen LogP contribution < -0.4 is 0 Å². The first-order chi connectivity index (χ1) is 6.88. The van der Waals surface area contributed by atoms with E-state index in [0.717, 1.165) is 5.69 Å². The van der Waals surface area contributed by atoms with Crippen LogP contribution in [0.5, 0.6) is 0 Å². The molecule has 0 aliphatic rings. The molecule has 1 aromatic heterocycles. The molecular formula is C12H12N2. The third-order valence-electron chi connectivity index (χ3n) is 2.34. The van der Waals surface area contributed by atoms with Crippen LogP contribution in [-0.2, 0) is 0 Å². The maximum atomic E-state index is 4.11. The second kappa shape index (κ2) is 4.01. The van der Waals surface area contributed by atoms with Gasteiger partial charge in [-0.05, 0) is 17.7 Å². The number of nitrogens with zero attached hydrogens (tertiary/aromatic N) is 2. The van der Waals surface area contributed by atoms with Crippen LogP contribution in [0.2, 0.25) is 0 Å². The summed E-state index contributed by atoms with van der Waals surface area (Å²) in [6.45, 7) is 2.14. The summed E-state index contributed by atoms with van der Waals surface area (Å²) in [6.07, 6.45) is 1.70. The van der Waals surface area contributed by atoms with Gasteiger partial charge in [0.15, 0.2) is 0 Å². The highest BCUT2D eigenvalue weighted by molar-refractivity contribution is 5.26. The smallest absolute Gasteiger partial charge is 0.0703 e. The molecule has 0 spiro atoms. The predicted molar refractivity (Wildman–Crippen MR) is 56.0 cm³/mol. The van der Waals surface area contributed by atoms with Crippen molar-refractivity contribution >= 4 is 0 Å². The normalized spacial score (nSPS) is 12.4. The van der Waals surface area contributed by atoms with Crippen LogP contribution in [0.4, 0.5) is 0 Å². The SMILES string of the molecule is CC(c1ccccc1)c1cccnn1. The molecule has 2 nitrogen and oxygen atoms in total. The van der Waals surface area contributed by atoms with Crippen molar-refractivity contribution in [2.24, 2.45) is 0 Å². The lowest BCUT2D eigenvalue weighted by Crippen LogP contribution is -1.99. The summed E-state index contributed by atoms with van der Waals surface area (Å²) < 4.78 is 0. The fourth-order valence-corrected chi connectivity index (χ4v) is 1.46. The van der Waals surface area contributed by atoms with Gasteiger partial charge >= 0.3 is 0 Å². The molecule has 0 bridgehead atoms. The summed E-state index contributed by atoms with van der Waals surface area (Å²) in [4.78, 5) is 0. The Morgan fingerprint density at radius 3 is 2.43 bits per heavy atom.